The van der Waals surface area contributed by atoms with Gasteiger partial charge in [-0.3, -0.25) is 0 Å². The minimum Gasteiger partial charge on any atom is -0.0816 e. The molecule has 0 N–H and O–H groups in total. The highest BCUT2D eigenvalue weighted by atomic mass is 14.0. The Morgan fingerprint density at radius 3 is 2.43 bits per heavy atom. The van der Waals surface area contributed by atoms with Crippen molar-refractivity contribution in [2.75, 3.05) is 0 Å². The molecule has 0 spiro atoms. The van der Waals surface area contributed by atoms with E-state index in [-0.39, 0.29) is 0 Å². The van der Waals surface area contributed by atoms with Gasteiger partial charge < -0.3 is 0 Å². The minimum absolute atomic E-state index is 0.719. The first-order valence-corrected chi connectivity index (χ1v) is 6.11. The van der Waals surface area contributed by atoms with E-state index in [1.165, 1.54) is 31.3 Å². The summed E-state index contributed by atoms with van der Waals surface area (Å²) in [4.78, 5) is 0. The summed E-state index contributed by atoms with van der Waals surface area (Å²) in [6.07, 6.45) is 13.3. The second-order valence-electron chi connectivity index (χ2n) is 4.04. The number of unbranched alkanes of at least 4 members (excludes halogenated alkanes) is 1. The summed E-state index contributed by atoms with van der Waals surface area (Å²) >= 11 is 0. The predicted octanol–water partition coefficient (Wildman–Crippen LogP) is 5.12. The van der Waals surface area contributed by atoms with E-state index in [0.717, 1.165) is 12.3 Å². The summed E-state index contributed by atoms with van der Waals surface area (Å²) in [6.45, 7) is 8.98. The summed E-state index contributed by atoms with van der Waals surface area (Å²) in [7, 11) is 0. The summed E-state index contributed by atoms with van der Waals surface area (Å²) in [5, 5.41) is 0. The van der Waals surface area contributed by atoms with Crippen LogP contribution in [0.5, 0.6) is 0 Å². The maximum absolute atomic E-state index is 2.36. The second-order valence-corrected chi connectivity index (χ2v) is 4.04. The molecule has 82 valence electrons. The lowest BCUT2D eigenvalue weighted by atomic mass is 10.0. The molecule has 0 heteroatoms. The van der Waals surface area contributed by atoms with Crippen molar-refractivity contribution in [3.8, 4) is 0 Å². The largest absolute Gasteiger partial charge is 0.0816 e. The number of rotatable bonds is 7. The SMILES string of the molecule is CCC=C(C=CC(C)CC)CCCC. The van der Waals surface area contributed by atoms with Crippen molar-refractivity contribution >= 4 is 0 Å². The lowest BCUT2D eigenvalue weighted by molar-refractivity contribution is 0.696. The first-order valence-electron chi connectivity index (χ1n) is 6.11. The molecule has 0 aliphatic rings. The second kappa shape index (κ2) is 9.05. The molecule has 0 fully saturated rings. The van der Waals surface area contributed by atoms with Crippen LogP contribution in [-0.4, -0.2) is 0 Å². The topological polar surface area (TPSA) is 0 Å². The third kappa shape index (κ3) is 6.94. The first-order chi connectivity index (χ1) is 6.74. The van der Waals surface area contributed by atoms with Crippen molar-refractivity contribution in [3.63, 3.8) is 0 Å². The highest BCUT2D eigenvalue weighted by Gasteiger charge is 1.94. The smallest absolute Gasteiger partial charge is 0.0261 e. The molecule has 0 aliphatic heterocycles. The Bertz CT molecular complexity index is 174. The van der Waals surface area contributed by atoms with Crippen LogP contribution in [0, 0.1) is 5.92 Å². The zero-order valence-electron chi connectivity index (χ0n) is 10.3. The van der Waals surface area contributed by atoms with Crippen molar-refractivity contribution in [2.45, 2.75) is 59.8 Å². The summed E-state index contributed by atoms with van der Waals surface area (Å²) < 4.78 is 0. The molecule has 0 amide bonds. The van der Waals surface area contributed by atoms with E-state index in [0.29, 0.717) is 0 Å². The van der Waals surface area contributed by atoms with E-state index in [2.05, 4.69) is 45.9 Å². The van der Waals surface area contributed by atoms with Crippen molar-refractivity contribution in [1.29, 1.82) is 0 Å². The van der Waals surface area contributed by atoms with Crippen LogP contribution in [0.4, 0.5) is 0 Å². The fourth-order valence-electron chi connectivity index (χ4n) is 1.32. The Balaban J connectivity index is 4.08. The summed E-state index contributed by atoms with van der Waals surface area (Å²) in [6, 6.07) is 0. The number of allylic oxidation sites excluding steroid dienone is 4. The van der Waals surface area contributed by atoms with Gasteiger partial charge in [0.1, 0.15) is 0 Å². The molecule has 0 saturated heterocycles. The fraction of sp³-hybridized carbons (Fsp3) is 0.714. The zero-order chi connectivity index (χ0) is 10.8. The van der Waals surface area contributed by atoms with Gasteiger partial charge in [0.15, 0.2) is 0 Å². The van der Waals surface area contributed by atoms with E-state index >= 15 is 0 Å². The van der Waals surface area contributed by atoms with Crippen molar-refractivity contribution in [3.05, 3.63) is 23.8 Å². The molecule has 14 heavy (non-hydrogen) atoms. The molecular weight excluding hydrogens is 168 g/mol. The fourth-order valence-corrected chi connectivity index (χ4v) is 1.32. The lowest BCUT2D eigenvalue weighted by Crippen LogP contribution is -1.86. The molecule has 0 saturated carbocycles. The van der Waals surface area contributed by atoms with Gasteiger partial charge in [0.25, 0.3) is 0 Å². The molecule has 1 unspecified atom stereocenters. The Hall–Kier alpha value is -0.520. The molecule has 0 aliphatic carbocycles. The van der Waals surface area contributed by atoms with Gasteiger partial charge >= 0.3 is 0 Å². The van der Waals surface area contributed by atoms with E-state index in [9.17, 15) is 0 Å². The quantitative estimate of drug-likeness (QED) is 0.494. The van der Waals surface area contributed by atoms with Crippen LogP contribution in [0.25, 0.3) is 0 Å². The van der Waals surface area contributed by atoms with Crippen LogP contribution in [0.3, 0.4) is 0 Å². The molecule has 0 bridgehead atoms. The molecule has 1 atom stereocenters. The van der Waals surface area contributed by atoms with Crippen LogP contribution in [0.15, 0.2) is 23.8 Å². The molecule has 0 aromatic rings. The molecule has 0 aromatic carbocycles. The van der Waals surface area contributed by atoms with E-state index < -0.39 is 0 Å². The van der Waals surface area contributed by atoms with Gasteiger partial charge in [0.2, 0.25) is 0 Å². The maximum Gasteiger partial charge on any atom is -0.0261 e. The third-order valence-corrected chi connectivity index (χ3v) is 2.57. The molecule has 0 nitrogen and oxygen atoms in total. The van der Waals surface area contributed by atoms with Gasteiger partial charge in [-0.2, -0.15) is 0 Å². The number of hydrogen-bond acceptors (Lipinski definition) is 0. The van der Waals surface area contributed by atoms with Gasteiger partial charge in [-0.05, 0) is 25.2 Å². The van der Waals surface area contributed by atoms with Gasteiger partial charge in [-0.15, -0.1) is 0 Å². The van der Waals surface area contributed by atoms with Crippen LogP contribution < -0.4 is 0 Å². The molecule has 0 heterocycles. The van der Waals surface area contributed by atoms with Crippen molar-refractivity contribution in [2.24, 2.45) is 5.92 Å². The van der Waals surface area contributed by atoms with Gasteiger partial charge in [0.05, 0.1) is 0 Å². The summed E-state index contributed by atoms with van der Waals surface area (Å²) in [5.74, 6) is 0.719. The minimum atomic E-state index is 0.719. The normalized spacial score (nSPS) is 15.0. The molecule has 0 radical (unpaired) electrons. The zero-order valence-corrected chi connectivity index (χ0v) is 10.3. The Morgan fingerprint density at radius 2 is 1.93 bits per heavy atom. The standard InChI is InChI=1S/C14H26/c1-5-8-10-14(9-6-2)12-11-13(4)7-3/h9,11-13H,5-8,10H2,1-4H3. The van der Waals surface area contributed by atoms with Crippen LogP contribution >= 0.6 is 0 Å². The van der Waals surface area contributed by atoms with Crippen LogP contribution in [-0.2, 0) is 0 Å². The molecule has 0 aromatic heterocycles. The highest BCUT2D eigenvalue weighted by molar-refractivity contribution is 5.18. The first kappa shape index (κ1) is 13.5. The van der Waals surface area contributed by atoms with Crippen LogP contribution in [0.1, 0.15) is 59.8 Å². The third-order valence-electron chi connectivity index (χ3n) is 2.57. The monoisotopic (exact) mass is 194 g/mol. The summed E-state index contributed by atoms with van der Waals surface area (Å²) in [5.41, 5.74) is 1.52. The lowest BCUT2D eigenvalue weighted by Gasteiger charge is -2.03. The van der Waals surface area contributed by atoms with E-state index in [1.54, 1.807) is 0 Å². The number of hydrogen-bond donors (Lipinski definition) is 0. The van der Waals surface area contributed by atoms with E-state index in [4.69, 9.17) is 0 Å². The van der Waals surface area contributed by atoms with Crippen LogP contribution in [0.2, 0.25) is 0 Å². The van der Waals surface area contributed by atoms with E-state index in [1.807, 2.05) is 0 Å². The highest BCUT2D eigenvalue weighted by Crippen LogP contribution is 2.12. The molecule has 0 rings (SSSR count). The Morgan fingerprint density at radius 1 is 1.21 bits per heavy atom. The average molecular weight is 194 g/mol. The van der Waals surface area contributed by atoms with Crippen molar-refractivity contribution < 1.29 is 0 Å². The van der Waals surface area contributed by atoms with Gasteiger partial charge in [-0.25, -0.2) is 0 Å². The predicted molar refractivity (Wildman–Crippen MR) is 66.5 cm³/mol. The Labute approximate surface area is 90.1 Å². The van der Waals surface area contributed by atoms with Gasteiger partial charge in [0, 0.05) is 0 Å². The average Bonchev–Trinajstić information content (AvgIpc) is 2.21. The molecular formula is C14H26. The Kier molecular flexibility index (Phi) is 8.72. The maximum atomic E-state index is 2.36. The van der Waals surface area contributed by atoms with Crippen molar-refractivity contribution in [1.82, 2.24) is 0 Å². The van der Waals surface area contributed by atoms with Gasteiger partial charge in [-0.1, -0.05) is 64.3 Å².